The molecule has 0 saturated heterocycles. The summed E-state index contributed by atoms with van der Waals surface area (Å²) < 4.78 is 95.2. The topological polar surface area (TPSA) is 72.2 Å². The van der Waals surface area contributed by atoms with E-state index >= 15 is 0 Å². The van der Waals surface area contributed by atoms with Crippen molar-refractivity contribution >= 4 is 33.2 Å². The van der Waals surface area contributed by atoms with Gasteiger partial charge in [0.15, 0.2) is 0 Å². The van der Waals surface area contributed by atoms with Gasteiger partial charge in [0.05, 0.1) is 13.7 Å². The third-order valence-electron chi connectivity index (χ3n) is 10.5. The second-order valence-electron chi connectivity index (χ2n) is 17.1. The Hall–Kier alpha value is -6.89. The van der Waals surface area contributed by atoms with Gasteiger partial charge in [0.2, 0.25) is 0 Å². The molecule has 0 saturated carbocycles. The van der Waals surface area contributed by atoms with Gasteiger partial charge in [0.25, 0.3) is 0 Å². The van der Waals surface area contributed by atoms with Crippen molar-refractivity contribution in [2.75, 3.05) is 9.80 Å². The van der Waals surface area contributed by atoms with Gasteiger partial charge in [-0.1, -0.05) is 150 Å². The molecule has 4 heterocycles. The van der Waals surface area contributed by atoms with Gasteiger partial charge < -0.3 is 19.1 Å². The van der Waals surface area contributed by atoms with Gasteiger partial charge in [-0.05, 0) is 52.7 Å². The van der Waals surface area contributed by atoms with E-state index < -0.39 is 71.3 Å². The summed E-state index contributed by atoms with van der Waals surface area (Å²) in [6.07, 6.45) is 5.11. The third kappa shape index (κ3) is 8.10. The second kappa shape index (κ2) is 17.0. The molecule has 1 aliphatic heterocycles. The minimum Gasteiger partial charge on any atom is -0.508 e. The van der Waals surface area contributed by atoms with E-state index in [0.717, 1.165) is 16.3 Å². The molecule has 0 amide bonds. The van der Waals surface area contributed by atoms with Crippen molar-refractivity contribution in [2.24, 2.45) is 0 Å². The number of anilines is 2. The molecule has 10 rings (SSSR count). The molecular weight excluding hydrogens is 970 g/mol. The SMILES string of the molecule is [2H]c1c([2H])c([2H])c(-c2cccc(-c3c([2H])c([2H])c([2H])c([2H])c3[2H])c2N2C=CN(c3[c-]c(Oc4[c-]c5c(cc4-c4nc(C(C)(C)C)nc(C(C)(C)C)n4)c4ccccc4n5-c4ccccn4)ccc3)[CH-]2)c([2H])c1[2H].[Pt]. The van der Waals surface area contributed by atoms with Crippen molar-refractivity contribution in [1.82, 2.24) is 24.5 Å². The minimum absolute atomic E-state index is 0. The van der Waals surface area contributed by atoms with Gasteiger partial charge in [-0.3, -0.25) is 0 Å². The minimum atomic E-state index is -0.573. The number of hydrogen-bond acceptors (Lipinski definition) is 7. The average molecular weight is 1030 g/mol. The number of hydrogen-bond donors (Lipinski definition) is 0. The van der Waals surface area contributed by atoms with E-state index in [0.29, 0.717) is 51.6 Å². The van der Waals surface area contributed by atoms with Crippen LogP contribution >= 0.6 is 0 Å². The summed E-state index contributed by atoms with van der Waals surface area (Å²) in [5.74, 6) is 2.93. The molecule has 0 aliphatic carbocycles. The van der Waals surface area contributed by atoms with Gasteiger partial charge in [0, 0.05) is 71.9 Å². The number of ether oxygens (including phenoxy) is 1. The van der Waals surface area contributed by atoms with Crippen LogP contribution in [0.25, 0.3) is 61.3 Å². The summed E-state index contributed by atoms with van der Waals surface area (Å²) in [6, 6.07) is 27.6. The van der Waals surface area contributed by atoms with E-state index in [1.807, 2.05) is 47.0 Å². The van der Waals surface area contributed by atoms with Crippen LogP contribution in [-0.4, -0.2) is 24.5 Å². The maximum absolute atomic E-state index is 8.93. The Morgan fingerprint density at radius 1 is 0.625 bits per heavy atom. The molecule has 9 aromatic rings. The summed E-state index contributed by atoms with van der Waals surface area (Å²) in [5.41, 5.74) is 2.07. The second-order valence-corrected chi connectivity index (χ2v) is 17.1. The zero-order valence-electron chi connectivity index (χ0n) is 45.7. The summed E-state index contributed by atoms with van der Waals surface area (Å²) in [6.45, 7) is 14.0. The van der Waals surface area contributed by atoms with Crippen LogP contribution in [0.4, 0.5) is 11.4 Å². The Bertz CT molecular complexity index is 3590. The van der Waals surface area contributed by atoms with Gasteiger partial charge in [-0.2, -0.15) is 6.07 Å². The van der Waals surface area contributed by atoms with Crippen molar-refractivity contribution in [2.45, 2.75) is 52.4 Å². The Balaban J connectivity index is 0.00000672. The molecule has 0 radical (unpaired) electrons. The number of rotatable bonds is 8. The molecule has 0 unspecified atom stereocenters. The zero-order valence-corrected chi connectivity index (χ0v) is 38.0. The maximum atomic E-state index is 8.93. The molecule has 64 heavy (non-hydrogen) atoms. The van der Waals surface area contributed by atoms with Crippen LogP contribution in [0.3, 0.4) is 0 Å². The molecule has 6 aromatic carbocycles. The first-order chi connectivity index (χ1) is 34.6. The van der Waals surface area contributed by atoms with Crippen LogP contribution in [0.2, 0.25) is 0 Å². The molecule has 320 valence electrons. The Kier molecular flexibility index (Phi) is 8.47. The van der Waals surface area contributed by atoms with Crippen LogP contribution in [0, 0.1) is 18.8 Å². The van der Waals surface area contributed by atoms with Gasteiger partial charge in [-0.25, -0.2) is 19.9 Å². The normalized spacial score (nSPS) is 15.0. The predicted octanol–water partition coefficient (Wildman–Crippen LogP) is 13.3. The molecule has 0 N–H and O–H groups in total. The van der Waals surface area contributed by atoms with Crippen molar-refractivity contribution in [3.63, 3.8) is 0 Å². The van der Waals surface area contributed by atoms with E-state index in [2.05, 4.69) is 59.7 Å². The van der Waals surface area contributed by atoms with Gasteiger partial charge in [-0.15, -0.1) is 48.1 Å². The average Bonchev–Trinajstić information content (AvgIpc) is 3.99. The third-order valence-corrected chi connectivity index (χ3v) is 10.5. The molecule has 0 fully saturated rings. The fourth-order valence-corrected chi connectivity index (χ4v) is 7.44. The molecule has 8 nitrogen and oxygen atoms in total. The smallest absolute Gasteiger partial charge is 0.137 e. The number of aromatic nitrogens is 5. The molecule has 3 aromatic heterocycles. The molecule has 9 heteroatoms. The predicted molar refractivity (Wildman–Crippen MR) is 255 cm³/mol. The first kappa shape index (κ1) is 31.9. The number of pyridine rings is 1. The molecule has 1 aliphatic rings. The van der Waals surface area contributed by atoms with Crippen LogP contribution < -0.4 is 14.5 Å². The standard InChI is InChI=1S/C55H46N7O.Pt/c1-54(2,3)52-57-51(58-53(59-52)55(4,5)6)45-34-44-43-25-13-14-28-46(43)62(49-29-15-16-30-56-49)47(44)35-48(45)63-40-24-17-23-39(33-40)60-31-32-61(36-60)50-41(37-19-9-7-10-20-37)26-18-27-42(50)38-21-11-8-12-22-38;/h7-32,34,36H,1-6H3;/q-3;/i7D,8D,9D,10D,11D,12D,19D,20D,21D,22D;. The molecule has 0 spiro atoms. The van der Waals surface area contributed by atoms with E-state index in [1.165, 1.54) is 0 Å². The van der Waals surface area contributed by atoms with Crippen LogP contribution in [-0.2, 0) is 31.9 Å². The van der Waals surface area contributed by atoms with Crippen molar-refractivity contribution < 1.29 is 39.5 Å². The summed E-state index contributed by atoms with van der Waals surface area (Å²) >= 11 is 0. The van der Waals surface area contributed by atoms with E-state index in [1.54, 1.807) is 71.5 Å². The molecule has 0 atom stereocenters. The first-order valence-corrected chi connectivity index (χ1v) is 20.4. The van der Waals surface area contributed by atoms with E-state index in [-0.39, 0.29) is 49.0 Å². The maximum Gasteiger partial charge on any atom is 0.137 e. The molecule has 0 bridgehead atoms. The quantitative estimate of drug-likeness (QED) is 0.140. The van der Waals surface area contributed by atoms with E-state index in [9.17, 15) is 0 Å². The Morgan fingerprint density at radius 2 is 1.25 bits per heavy atom. The Labute approximate surface area is 403 Å². The summed E-state index contributed by atoms with van der Waals surface area (Å²) in [5, 5.41) is 1.84. The summed E-state index contributed by atoms with van der Waals surface area (Å²) in [4.78, 5) is 23.2. The van der Waals surface area contributed by atoms with Crippen molar-refractivity contribution in [3.8, 4) is 51.0 Å². The Morgan fingerprint density at radius 3 is 1.89 bits per heavy atom. The number of nitrogens with zero attached hydrogens (tertiary/aromatic N) is 7. The number of benzene rings is 6. The van der Waals surface area contributed by atoms with Crippen LogP contribution in [0.1, 0.15) is 66.9 Å². The monoisotopic (exact) mass is 1030 g/mol. The number of para-hydroxylation sites is 2. The fraction of sp³-hybridized carbons (Fsp3) is 0.145. The van der Waals surface area contributed by atoms with Crippen LogP contribution in [0.15, 0.2) is 164 Å². The number of fused-ring (bicyclic) bond motifs is 3. The van der Waals surface area contributed by atoms with Crippen molar-refractivity contribution in [1.29, 1.82) is 0 Å². The van der Waals surface area contributed by atoms with E-state index in [4.69, 9.17) is 38.4 Å². The molecular formula is C55H46N7OPt-3. The largest absolute Gasteiger partial charge is 0.508 e. The zero-order chi connectivity index (χ0) is 52.0. The fourth-order valence-electron chi connectivity index (χ4n) is 7.44. The van der Waals surface area contributed by atoms with Gasteiger partial charge >= 0.3 is 0 Å². The van der Waals surface area contributed by atoms with Crippen molar-refractivity contribution in [3.05, 3.63) is 194 Å². The summed E-state index contributed by atoms with van der Waals surface area (Å²) in [7, 11) is 0. The first-order valence-electron chi connectivity index (χ1n) is 25.4. The van der Waals surface area contributed by atoms with Gasteiger partial charge in [0.1, 0.15) is 23.3 Å². The van der Waals surface area contributed by atoms with Crippen LogP contribution in [0.5, 0.6) is 11.5 Å².